The number of benzene rings is 3. The van der Waals surface area contributed by atoms with E-state index in [0.29, 0.717) is 16.7 Å². The van der Waals surface area contributed by atoms with Gasteiger partial charge in [0.2, 0.25) is 0 Å². The van der Waals surface area contributed by atoms with Crippen molar-refractivity contribution in [2.75, 3.05) is 18.0 Å². The molecular formula is C21H20N2O2. The highest BCUT2D eigenvalue weighted by molar-refractivity contribution is 5.97. The molecule has 0 bridgehead atoms. The van der Waals surface area contributed by atoms with Gasteiger partial charge in [0.25, 0.3) is 0 Å². The largest absolute Gasteiger partial charge is 0.453 e. The van der Waals surface area contributed by atoms with Gasteiger partial charge in [0.15, 0.2) is 16.8 Å². The van der Waals surface area contributed by atoms with Gasteiger partial charge in [-0.3, -0.25) is 4.79 Å². The maximum atomic E-state index is 12.4. The summed E-state index contributed by atoms with van der Waals surface area (Å²) < 4.78 is 6.11. The predicted molar refractivity (Wildman–Crippen MR) is 103 cm³/mol. The zero-order chi connectivity index (χ0) is 17.6. The van der Waals surface area contributed by atoms with Crippen LogP contribution >= 0.6 is 0 Å². The van der Waals surface area contributed by atoms with Gasteiger partial charge in [-0.15, -0.1) is 0 Å². The van der Waals surface area contributed by atoms with E-state index in [0.717, 1.165) is 40.9 Å². The molecule has 0 saturated carbocycles. The standard InChI is InChI=1S/C21H20N2O2/c1-4-23(5-2)14-10-13(3)20-18(11-14)25-19-12-17(24)15-8-6-7-9-16(15)21(19)22-20/h6-12H,4-5H2,1-3H3. The van der Waals surface area contributed by atoms with Gasteiger partial charge in [0, 0.05) is 41.7 Å². The summed E-state index contributed by atoms with van der Waals surface area (Å²) in [5.41, 5.74) is 4.44. The smallest absolute Gasteiger partial charge is 0.190 e. The lowest BCUT2D eigenvalue weighted by molar-refractivity contribution is 0.613. The second kappa shape index (κ2) is 5.88. The van der Waals surface area contributed by atoms with Crippen molar-refractivity contribution in [3.8, 4) is 11.5 Å². The number of aryl methyl sites for hydroxylation is 1. The van der Waals surface area contributed by atoms with Crippen LogP contribution in [0.15, 0.2) is 51.7 Å². The summed E-state index contributed by atoms with van der Waals surface area (Å²) in [5, 5.41) is 1.51. The number of nitrogens with zero attached hydrogens (tertiary/aromatic N) is 2. The quantitative estimate of drug-likeness (QED) is 0.406. The SMILES string of the molecule is CCN(CC)c1cc(C)c2nc3c4ccccc4c(=O)cc-3oc2c1. The third-order valence-corrected chi connectivity index (χ3v) is 4.77. The molecular weight excluding hydrogens is 312 g/mol. The van der Waals surface area contributed by atoms with Crippen LogP contribution in [0.1, 0.15) is 19.4 Å². The minimum Gasteiger partial charge on any atom is -0.453 e. The summed E-state index contributed by atoms with van der Waals surface area (Å²) in [7, 11) is 0. The van der Waals surface area contributed by atoms with Crippen LogP contribution in [0.4, 0.5) is 5.69 Å². The minimum absolute atomic E-state index is 0.0374. The fraction of sp³-hybridized carbons (Fsp3) is 0.238. The molecule has 0 spiro atoms. The summed E-state index contributed by atoms with van der Waals surface area (Å²) in [6.45, 7) is 8.17. The number of hydrogen-bond acceptors (Lipinski definition) is 4. The highest BCUT2D eigenvalue weighted by Crippen LogP contribution is 2.33. The van der Waals surface area contributed by atoms with E-state index in [9.17, 15) is 4.79 Å². The van der Waals surface area contributed by atoms with Crippen molar-refractivity contribution in [3.63, 3.8) is 0 Å². The van der Waals surface area contributed by atoms with E-state index in [4.69, 9.17) is 9.40 Å². The molecule has 4 nitrogen and oxygen atoms in total. The number of aromatic nitrogens is 1. The Kier molecular flexibility index (Phi) is 3.68. The molecule has 0 amide bonds. The average molecular weight is 332 g/mol. The van der Waals surface area contributed by atoms with Crippen LogP contribution in [0.3, 0.4) is 0 Å². The van der Waals surface area contributed by atoms with Gasteiger partial charge >= 0.3 is 0 Å². The van der Waals surface area contributed by atoms with Gasteiger partial charge in [0.1, 0.15) is 11.2 Å². The van der Waals surface area contributed by atoms with Crippen LogP contribution < -0.4 is 10.3 Å². The summed E-state index contributed by atoms with van der Waals surface area (Å²) in [5.74, 6) is 0.535. The molecule has 0 saturated heterocycles. The van der Waals surface area contributed by atoms with Gasteiger partial charge in [0.05, 0.1) is 0 Å². The van der Waals surface area contributed by atoms with Crippen LogP contribution in [0.5, 0.6) is 0 Å². The molecule has 2 aromatic carbocycles. The van der Waals surface area contributed by atoms with Gasteiger partial charge in [-0.05, 0) is 32.4 Å². The molecule has 1 aliphatic carbocycles. The summed E-state index contributed by atoms with van der Waals surface area (Å²) >= 11 is 0. The van der Waals surface area contributed by atoms with Crippen molar-refractivity contribution in [1.29, 1.82) is 0 Å². The second-order valence-electron chi connectivity index (χ2n) is 6.26. The van der Waals surface area contributed by atoms with Gasteiger partial charge in [-0.2, -0.15) is 0 Å². The molecule has 0 radical (unpaired) electrons. The van der Waals surface area contributed by atoms with Crippen molar-refractivity contribution in [2.45, 2.75) is 20.8 Å². The molecule has 2 aliphatic rings. The Bertz CT molecular complexity index is 1110. The molecule has 0 atom stereocenters. The van der Waals surface area contributed by atoms with E-state index in [2.05, 4.69) is 24.8 Å². The first-order valence-electron chi connectivity index (χ1n) is 8.64. The molecule has 2 aromatic rings. The Hall–Kier alpha value is -2.88. The molecule has 1 heterocycles. The first kappa shape index (κ1) is 15.6. The predicted octanol–water partition coefficient (Wildman–Crippen LogP) is 4.60. The zero-order valence-electron chi connectivity index (χ0n) is 14.7. The number of rotatable bonds is 3. The summed E-state index contributed by atoms with van der Waals surface area (Å²) in [6, 6.07) is 13.3. The number of fused-ring (bicyclic) bond motifs is 4. The number of hydrogen-bond donors (Lipinski definition) is 0. The fourth-order valence-electron chi connectivity index (χ4n) is 3.45. The van der Waals surface area contributed by atoms with E-state index in [-0.39, 0.29) is 5.43 Å². The van der Waals surface area contributed by atoms with Crippen molar-refractivity contribution < 1.29 is 4.42 Å². The lowest BCUT2D eigenvalue weighted by Gasteiger charge is -2.22. The van der Waals surface area contributed by atoms with Crippen LogP contribution in [0.25, 0.3) is 33.3 Å². The summed E-state index contributed by atoms with van der Waals surface area (Å²) in [4.78, 5) is 19.5. The van der Waals surface area contributed by atoms with Crippen LogP contribution in [-0.2, 0) is 0 Å². The first-order chi connectivity index (χ1) is 12.1. The van der Waals surface area contributed by atoms with Gasteiger partial charge in [-0.25, -0.2) is 4.98 Å². The van der Waals surface area contributed by atoms with Crippen molar-refractivity contribution in [1.82, 2.24) is 4.98 Å². The third kappa shape index (κ3) is 2.45. The topological polar surface area (TPSA) is 46.3 Å². The molecule has 0 aromatic heterocycles. The average Bonchev–Trinajstić information content (AvgIpc) is 2.62. The minimum atomic E-state index is -0.0374. The maximum Gasteiger partial charge on any atom is 0.190 e. The lowest BCUT2D eigenvalue weighted by Crippen LogP contribution is -2.21. The second-order valence-corrected chi connectivity index (χ2v) is 6.26. The molecule has 0 fully saturated rings. The van der Waals surface area contributed by atoms with Crippen LogP contribution in [0.2, 0.25) is 0 Å². The van der Waals surface area contributed by atoms with E-state index in [1.165, 1.54) is 0 Å². The summed E-state index contributed by atoms with van der Waals surface area (Å²) in [6.07, 6.45) is 0. The van der Waals surface area contributed by atoms with Gasteiger partial charge < -0.3 is 9.32 Å². The Balaban J connectivity index is 2.08. The molecule has 4 heteroatoms. The molecule has 0 N–H and O–H groups in total. The van der Waals surface area contributed by atoms with Crippen molar-refractivity contribution >= 4 is 27.6 Å². The molecule has 1 aliphatic heterocycles. The Morgan fingerprint density at radius 3 is 2.48 bits per heavy atom. The van der Waals surface area contributed by atoms with Crippen LogP contribution in [-0.4, -0.2) is 18.1 Å². The van der Waals surface area contributed by atoms with Crippen molar-refractivity contribution in [2.24, 2.45) is 0 Å². The monoisotopic (exact) mass is 332 g/mol. The maximum absolute atomic E-state index is 12.4. The first-order valence-corrected chi connectivity index (χ1v) is 8.64. The van der Waals surface area contributed by atoms with Crippen LogP contribution in [0, 0.1) is 6.92 Å². The lowest BCUT2D eigenvalue weighted by atomic mass is 10.0. The zero-order valence-corrected chi connectivity index (χ0v) is 14.7. The molecule has 0 unspecified atom stereocenters. The van der Waals surface area contributed by atoms with E-state index in [1.807, 2.05) is 37.3 Å². The number of anilines is 1. The molecule has 126 valence electrons. The highest BCUT2D eigenvalue weighted by atomic mass is 16.3. The van der Waals surface area contributed by atoms with E-state index >= 15 is 0 Å². The molecule has 4 rings (SSSR count). The highest BCUT2D eigenvalue weighted by Gasteiger charge is 2.17. The Morgan fingerprint density at radius 2 is 1.76 bits per heavy atom. The Morgan fingerprint density at radius 1 is 1.04 bits per heavy atom. The molecule has 25 heavy (non-hydrogen) atoms. The van der Waals surface area contributed by atoms with Gasteiger partial charge in [-0.1, -0.05) is 24.3 Å². The third-order valence-electron chi connectivity index (χ3n) is 4.77. The Labute approximate surface area is 146 Å². The van der Waals surface area contributed by atoms with Crippen molar-refractivity contribution in [3.05, 3.63) is 58.3 Å². The fourth-order valence-corrected chi connectivity index (χ4v) is 3.45. The normalized spacial score (nSPS) is 11.5. The van der Waals surface area contributed by atoms with E-state index in [1.54, 1.807) is 6.07 Å². The van der Waals surface area contributed by atoms with E-state index < -0.39 is 0 Å².